The molecule has 0 N–H and O–H groups in total. The minimum absolute atomic E-state index is 0.0798. The van der Waals surface area contributed by atoms with E-state index >= 15 is 0 Å². The number of amides is 1. The van der Waals surface area contributed by atoms with Gasteiger partial charge in [-0.25, -0.2) is 0 Å². The maximum atomic E-state index is 13.7. The molecule has 2 aliphatic heterocycles. The van der Waals surface area contributed by atoms with Crippen molar-refractivity contribution >= 4 is 17.3 Å². The highest BCUT2D eigenvalue weighted by Gasteiger charge is 2.44. The van der Waals surface area contributed by atoms with Gasteiger partial charge in [-0.3, -0.25) is 14.9 Å². The number of alkyl halides is 3. The Morgan fingerprint density at radius 3 is 2.42 bits per heavy atom. The summed E-state index contributed by atoms with van der Waals surface area (Å²) in [5, 5.41) is 11.4. The van der Waals surface area contributed by atoms with Gasteiger partial charge in [-0.15, -0.1) is 0 Å². The number of carbonyl (C=O) groups excluding carboxylic acids is 1. The maximum absolute atomic E-state index is 13.7. The summed E-state index contributed by atoms with van der Waals surface area (Å²) >= 11 is 0. The zero-order valence-corrected chi connectivity index (χ0v) is 18.2. The number of halogens is 3. The van der Waals surface area contributed by atoms with Crippen LogP contribution in [-0.2, 0) is 0 Å². The molecule has 2 aromatic rings. The van der Waals surface area contributed by atoms with Crippen molar-refractivity contribution in [1.29, 1.82) is 0 Å². The molecule has 0 saturated carbocycles. The van der Waals surface area contributed by atoms with Gasteiger partial charge in [-0.1, -0.05) is 30.3 Å². The van der Waals surface area contributed by atoms with Crippen LogP contribution in [0.2, 0.25) is 0 Å². The molecule has 176 valence electrons. The van der Waals surface area contributed by atoms with E-state index in [0.717, 1.165) is 5.56 Å². The third-order valence-corrected chi connectivity index (χ3v) is 6.44. The first-order valence-electron chi connectivity index (χ1n) is 10.8. The van der Waals surface area contributed by atoms with Gasteiger partial charge in [0.25, 0.3) is 11.6 Å². The number of nitro benzene ring substituents is 1. The largest absolute Gasteiger partial charge is 0.393 e. The van der Waals surface area contributed by atoms with Crippen LogP contribution in [-0.4, -0.2) is 66.6 Å². The second-order valence-corrected chi connectivity index (χ2v) is 8.62. The molecule has 33 heavy (non-hydrogen) atoms. The molecule has 1 amide bonds. The standard InChI is InChI=1S/C23H25F3N4O3/c1-27-11-12-29(21(15-27)16-5-3-2-4-6-16)22(31)19-8-7-18(30(32)33)13-20(19)28-10-9-17(14-28)23(24,25)26/h2-8,13,17,21H,9-12,14-15H2,1H3. The topological polar surface area (TPSA) is 69.9 Å². The number of hydrogen-bond acceptors (Lipinski definition) is 5. The van der Waals surface area contributed by atoms with Crippen molar-refractivity contribution in [2.45, 2.75) is 18.6 Å². The van der Waals surface area contributed by atoms with Crippen molar-refractivity contribution in [3.63, 3.8) is 0 Å². The van der Waals surface area contributed by atoms with Crippen molar-refractivity contribution in [2.75, 3.05) is 44.7 Å². The van der Waals surface area contributed by atoms with Crippen LogP contribution in [0.3, 0.4) is 0 Å². The fourth-order valence-corrected chi connectivity index (χ4v) is 4.60. The van der Waals surface area contributed by atoms with E-state index in [4.69, 9.17) is 0 Å². The zero-order chi connectivity index (χ0) is 23.8. The fourth-order valence-electron chi connectivity index (χ4n) is 4.60. The van der Waals surface area contributed by atoms with Crippen molar-refractivity contribution in [3.05, 3.63) is 69.8 Å². The molecule has 2 aliphatic rings. The SMILES string of the molecule is CN1CCN(C(=O)c2ccc([N+](=O)[O-])cc2N2CCC(C(F)(F)F)C2)C(c2ccccc2)C1. The second-order valence-electron chi connectivity index (χ2n) is 8.62. The van der Waals surface area contributed by atoms with Crippen LogP contribution in [0, 0.1) is 16.0 Å². The van der Waals surface area contributed by atoms with Crippen molar-refractivity contribution in [2.24, 2.45) is 5.92 Å². The van der Waals surface area contributed by atoms with E-state index in [0.29, 0.717) is 19.6 Å². The lowest BCUT2D eigenvalue weighted by molar-refractivity contribution is -0.384. The Morgan fingerprint density at radius 2 is 1.79 bits per heavy atom. The van der Waals surface area contributed by atoms with Crippen LogP contribution in [0.1, 0.15) is 28.4 Å². The van der Waals surface area contributed by atoms with Crippen LogP contribution in [0.4, 0.5) is 24.5 Å². The van der Waals surface area contributed by atoms with E-state index in [1.54, 1.807) is 4.90 Å². The van der Waals surface area contributed by atoms with Crippen molar-refractivity contribution < 1.29 is 22.9 Å². The Kier molecular flexibility index (Phi) is 6.29. The van der Waals surface area contributed by atoms with Crippen molar-refractivity contribution in [3.8, 4) is 0 Å². The van der Waals surface area contributed by atoms with Gasteiger partial charge in [0.15, 0.2) is 0 Å². The van der Waals surface area contributed by atoms with E-state index in [1.807, 2.05) is 37.4 Å². The molecule has 0 aliphatic carbocycles. The number of non-ortho nitro benzene ring substituents is 1. The summed E-state index contributed by atoms with van der Waals surface area (Å²) in [6.45, 7) is 1.46. The normalized spacial score (nSPS) is 21.9. The third kappa shape index (κ3) is 4.80. The highest BCUT2D eigenvalue weighted by molar-refractivity contribution is 6.00. The number of hydrogen-bond donors (Lipinski definition) is 0. The van der Waals surface area contributed by atoms with Crippen LogP contribution < -0.4 is 4.90 Å². The summed E-state index contributed by atoms with van der Waals surface area (Å²) < 4.78 is 39.8. The molecule has 2 fully saturated rings. The molecule has 2 unspecified atom stereocenters. The van der Waals surface area contributed by atoms with Gasteiger partial charge in [-0.2, -0.15) is 13.2 Å². The number of rotatable bonds is 4. The number of piperazine rings is 1. The summed E-state index contributed by atoms with van der Waals surface area (Å²) in [5.74, 6) is -1.86. The predicted molar refractivity (Wildman–Crippen MR) is 117 cm³/mol. The average molecular weight is 462 g/mol. The molecule has 0 radical (unpaired) electrons. The highest BCUT2D eigenvalue weighted by atomic mass is 19.4. The molecule has 0 spiro atoms. The lowest BCUT2D eigenvalue weighted by Gasteiger charge is -2.41. The minimum atomic E-state index is -4.35. The molecule has 2 atom stereocenters. The van der Waals surface area contributed by atoms with E-state index in [9.17, 15) is 28.1 Å². The van der Waals surface area contributed by atoms with Gasteiger partial charge in [-0.05, 0) is 25.1 Å². The van der Waals surface area contributed by atoms with Gasteiger partial charge in [0.05, 0.1) is 28.1 Å². The van der Waals surface area contributed by atoms with E-state index in [1.165, 1.54) is 23.1 Å². The summed E-state index contributed by atoms with van der Waals surface area (Å²) in [6.07, 6.45) is -4.46. The first-order chi connectivity index (χ1) is 15.6. The van der Waals surface area contributed by atoms with E-state index < -0.39 is 17.0 Å². The van der Waals surface area contributed by atoms with Gasteiger partial charge in [0, 0.05) is 44.9 Å². The molecule has 0 bridgehead atoms. The third-order valence-electron chi connectivity index (χ3n) is 6.44. The number of carbonyl (C=O) groups is 1. The number of benzene rings is 2. The monoisotopic (exact) mass is 462 g/mol. The Labute approximate surface area is 189 Å². The average Bonchev–Trinajstić information content (AvgIpc) is 3.30. The molecule has 2 heterocycles. The van der Waals surface area contributed by atoms with Gasteiger partial charge >= 0.3 is 6.18 Å². The fraction of sp³-hybridized carbons (Fsp3) is 0.435. The lowest BCUT2D eigenvalue weighted by atomic mass is 10.0. The first kappa shape index (κ1) is 23.0. The van der Waals surface area contributed by atoms with Crippen LogP contribution in [0.25, 0.3) is 0 Å². The number of likely N-dealkylation sites (N-methyl/N-ethyl adjacent to an activating group) is 1. The first-order valence-corrected chi connectivity index (χ1v) is 10.8. The molecular weight excluding hydrogens is 437 g/mol. The van der Waals surface area contributed by atoms with E-state index in [2.05, 4.69) is 4.90 Å². The number of nitro groups is 1. The summed E-state index contributed by atoms with van der Waals surface area (Å²) in [7, 11) is 1.97. The molecular formula is C23H25F3N4O3. The van der Waals surface area contributed by atoms with Gasteiger partial charge in [0.1, 0.15) is 0 Å². The summed E-state index contributed by atoms with van der Waals surface area (Å²) in [4.78, 5) is 29.8. The van der Waals surface area contributed by atoms with Crippen LogP contribution in [0.5, 0.6) is 0 Å². The van der Waals surface area contributed by atoms with Crippen molar-refractivity contribution in [1.82, 2.24) is 9.80 Å². The molecule has 4 rings (SSSR count). The quantitative estimate of drug-likeness (QED) is 0.505. The molecule has 2 saturated heterocycles. The van der Waals surface area contributed by atoms with E-state index in [-0.39, 0.29) is 48.4 Å². The summed E-state index contributed by atoms with van der Waals surface area (Å²) in [5.41, 5.74) is 1.08. The maximum Gasteiger partial charge on any atom is 0.393 e. The van der Waals surface area contributed by atoms with Gasteiger partial charge in [0.2, 0.25) is 0 Å². The Hall–Kier alpha value is -3.14. The Bertz CT molecular complexity index is 1030. The predicted octanol–water partition coefficient (Wildman–Crippen LogP) is 4.11. The molecule has 7 nitrogen and oxygen atoms in total. The molecule has 0 aromatic heterocycles. The Balaban J connectivity index is 1.70. The lowest BCUT2D eigenvalue weighted by Crippen LogP contribution is -2.49. The molecule has 10 heteroatoms. The van der Waals surface area contributed by atoms with Crippen LogP contribution >= 0.6 is 0 Å². The van der Waals surface area contributed by atoms with Gasteiger partial charge < -0.3 is 14.7 Å². The van der Waals surface area contributed by atoms with Crippen LogP contribution in [0.15, 0.2) is 48.5 Å². The second kappa shape index (κ2) is 9.01. The highest BCUT2D eigenvalue weighted by Crippen LogP contribution is 2.38. The number of anilines is 1. The number of nitrogens with zero attached hydrogens (tertiary/aromatic N) is 4. The molecule has 2 aromatic carbocycles. The minimum Gasteiger partial charge on any atom is -0.370 e. The Morgan fingerprint density at radius 1 is 1.06 bits per heavy atom. The smallest absolute Gasteiger partial charge is 0.370 e. The zero-order valence-electron chi connectivity index (χ0n) is 18.2. The summed E-state index contributed by atoms with van der Waals surface area (Å²) in [6, 6.07) is 13.2.